The van der Waals surface area contributed by atoms with E-state index in [2.05, 4.69) is 0 Å². The van der Waals surface area contributed by atoms with Gasteiger partial charge in [0.2, 0.25) is 0 Å². The summed E-state index contributed by atoms with van der Waals surface area (Å²) in [5.74, 6) is 0.253. The van der Waals surface area contributed by atoms with Gasteiger partial charge in [-0.3, -0.25) is 4.79 Å². The third kappa shape index (κ3) is 5.21. The van der Waals surface area contributed by atoms with Gasteiger partial charge in [0.25, 0.3) is 0 Å². The molecule has 0 spiro atoms. The maximum absolute atomic E-state index is 14.3. The number of halogens is 1. The lowest BCUT2D eigenvalue weighted by Gasteiger charge is -2.10. The van der Waals surface area contributed by atoms with Crippen molar-refractivity contribution < 1.29 is 23.8 Å². The zero-order chi connectivity index (χ0) is 19.1. The first-order valence-corrected chi connectivity index (χ1v) is 8.10. The number of methoxy groups -OCH3 is 1. The van der Waals surface area contributed by atoms with E-state index in [9.17, 15) is 9.18 Å². The first kappa shape index (κ1) is 19.2. The van der Waals surface area contributed by atoms with Crippen molar-refractivity contribution in [3.8, 4) is 11.5 Å². The SMILES string of the molecule is C/C=C(\C=C(/C)Oc1cccc(CC(=O)O)c1)c1ccc(OC)cc1F. The maximum atomic E-state index is 14.3. The van der Waals surface area contributed by atoms with Gasteiger partial charge < -0.3 is 14.6 Å². The van der Waals surface area contributed by atoms with Gasteiger partial charge in [-0.25, -0.2) is 4.39 Å². The number of allylic oxidation sites excluding steroid dienone is 4. The normalized spacial score (nSPS) is 12.0. The monoisotopic (exact) mass is 356 g/mol. The van der Waals surface area contributed by atoms with Crippen LogP contribution in [0.2, 0.25) is 0 Å². The van der Waals surface area contributed by atoms with E-state index in [0.29, 0.717) is 34.0 Å². The van der Waals surface area contributed by atoms with Gasteiger partial charge in [0.05, 0.1) is 13.5 Å². The van der Waals surface area contributed by atoms with Crippen molar-refractivity contribution in [3.63, 3.8) is 0 Å². The summed E-state index contributed by atoms with van der Waals surface area (Å²) in [5.41, 5.74) is 1.76. The lowest BCUT2D eigenvalue weighted by atomic mass is 10.0. The molecule has 0 radical (unpaired) electrons. The van der Waals surface area contributed by atoms with Crippen molar-refractivity contribution in [2.75, 3.05) is 7.11 Å². The van der Waals surface area contributed by atoms with Crippen LogP contribution >= 0.6 is 0 Å². The largest absolute Gasteiger partial charge is 0.497 e. The van der Waals surface area contributed by atoms with Crippen molar-refractivity contribution in [2.24, 2.45) is 0 Å². The minimum absolute atomic E-state index is 0.0723. The van der Waals surface area contributed by atoms with E-state index in [1.165, 1.54) is 13.2 Å². The Labute approximate surface area is 152 Å². The average molecular weight is 356 g/mol. The van der Waals surface area contributed by atoms with Crippen LogP contribution in [0, 0.1) is 5.82 Å². The molecule has 0 aromatic heterocycles. The Morgan fingerprint density at radius 3 is 2.58 bits per heavy atom. The highest BCUT2D eigenvalue weighted by Gasteiger charge is 2.08. The molecule has 0 aliphatic heterocycles. The smallest absolute Gasteiger partial charge is 0.307 e. The summed E-state index contributed by atoms with van der Waals surface area (Å²) in [7, 11) is 1.49. The summed E-state index contributed by atoms with van der Waals surface area (Å²) < 4.78 is 25.1. The molecule has 2 aromatic rings. The molecule has 0 aliphatic carbocycles. The lowest BCUT2D eigenvalue weighted by Crippen LogP contribution is -2.00. The summed E-state index contributed by atoms with van der Waals surface area (Å²) in [6, 6.07) is 11.6. The standard InChI is InChI=1S/C21H21FO4/c1-4-16(19-9-8-17(25-3)13-20(19)22)10-14(2)26-18-7-5-6-15(11-18)12-21(23)24/h4-11,13H,12H2,1-3H3,(H,23,24)/b14-10+,16-4+. The molecule has 0 heterocycles. The maximum Gasteiger partial charge on any atom is 0.307 e. The van der Waals surface area contributed by atoms with Crippen LogP contribution in [0.3, 0.4) is 0 Å². The number of carboxylic acids is 1. The molecule has 0 saturated carbocycles. The molecule has 0 atom stereocenters. The molecule has 4 nitrogen and oxygen atoms in total. The molecule has 136 valence electrons. The number of aliphatic carboxylic acids is 1. The fourth-order valence-corrected chi connectivity index (χ4v) is 2.50. The Bertz CT molecular complexity index is 853. The van der Waals surface area contributed by atoms with Gasteiger partial charge in [0.15, 0.2) is 0 Å². The fourth-order valence-electron chi connectivity index (χ4n) is 2.50. The van der Waals surface area contributed by atoms with E-state index in [1.807, 2.05) is 6.92 Å². The second-order valence-electron chi connectivity index (χ2n) is 5.66. The van der Waals surface area contributed by atoms with Crippen LogP contribution in [0.4, 0.5) is 4.39 Å². The minimum atomic E-state index is -0.902. The van der Waals surface area contributed by atoms with Crippen LogP contribution in [0.15, 0.2) is 60.4 Å². The first-order chi connectivity index (χ1) is 12.4. The first-order valence-electron chi connectivity index (χ1n) is 8.10. The number of carboxylic acid groups (broad SMARTS) is 1. The summed E-state index contributed by atoms with van der Waals surface area (Å²) in [4.78, 5) is 10.8. The van der Waals surface area contributed by atoms with Gasteiger partial charge >= 0.3 is 5.97 Å². The zero-order valence-corrected chi connectivity index (χ0v) is 15.0. The van der Waals surface area contributed by atoms with Gasteiger partial charge in [-0.1, -0.05) is 18.2 Å². The van der Waals surface area contributed by atoms with Crippen LogP contribution in [-0.2, 0) is 11.2 Å². The number of hydrogen-bond acceptors (Lipinski definition) is 3. The molecule has 0 fully saturated rings. The molecule has 5 heteroatoms. The van der Waals surface area contributed by atoms with Crippen LogP contribution in [0.1, 0.15) is 25.0 Å². The van der Waals surface area contributed by atoms with E-state index in [4.69, 9.17) is 14.6 Å². The number of ether oxygens (including phenoxy) is 2. The lowest BCUT2D eigenvalue weighted by molar-refractivity contribution is -0.136. The summed E-state index contributed by atoms with van der Waals surface area (Å²) in [6.07, 6.45) is 3.45. The highest BCUT2D eigenvalue weighted by Crippen LogP contribution is 2.25. The van der Waals surface area contributed by atoms with Crippen molar-refractivity contribution in [2.45, 2.75) is 20.3 Å². The summed E-state index contributed by atoms with van der Waals surface area (Å²) in [5, 5.41) is 8.88. The van der Waals surface area contributed by atoms with Gasteiger partial charge in [-0.2, -0.15) is 0 Å². The Kier molecular flexibility index (Phi) is 6.55. The van der Waals surface area contributed by atoms with Crippen LogP contribution < -0.4 is 9.47 Å². The molecule has 26 heavy (non-hydrogen) atoms. The summed E-state index contributed by atoms with van der Waals surface area (Å²) in [6.45, 7) is 3.57. The second-order valence-corrected chi connectivity index (χ2v) is 5.66. The molecular weight excluding hydrogens is 335 g/mol. The molecule has 1 N–H and O–H groups in total. The highest BCUT2D eigenvalue weighted by atomic mass is 19.1. The van der Waals surface area contributed by atoms with Crippen LogP contribution in [0.25, 0.3) is 5.57 Å². The third-order valence-corrected chi connectivity index (χ3v) is 3.69. The van der Waals surface area contributed by atoms with E-state index in [1.54, 1.807) is 55.5 Å². The number of hydrogen-bond donors (Lipinski definition) is 1. The molecule has 0 unspecified atom stereocenters. The highest BCUT2D eigenvalue weighted by molar-refractivity contribution is 5.75. The van der Waals surface area contributed by atoms with Gasteiger partial charge in [0.1, 0.15) is 23.1 Å². The Morgan fingerprint density at radius 1 is 1.19 bits per heavy atom. The molecule has 0 saturated heterocycles. The molecule has 0 aliphatic rings. The van der Waals surface area contributed by atoms with Gasteiger partial charge in [0, 0.05) is 11.6 Å². The van der Waals surface area contributed by atoms with Crippen molar-refractivity contribution in [1.82, 2.24) is 0 Å². The molecule has 0 amide bonds. The molecular formula is C21H21FO4. The van der Waals surface area contributed by atoms with Crippen LogP contribution in [-0.4, -0.2) is 18.2 Å². The Hall–Kier alpha value is -3.08. The number of carbonyl (C=O) groups is 1. The fraction of sp³-hybridized carbons (Fsp3) is 0.190. The predicted molar refractivity (Wildman–Crippen MR) is 98.8 cm³/mol. The van der Waals surface area contributed by atoms with Gasteiger partial charge in [-0.15, -0.1) is 0 Å². The van der Waals surface area contributed by atoms with Crippen LogP contribution in [0.5, 0.6) is 11.5 Å². The van der Waals surface area contributed by atoms with E-state index < -0.39 is 5.97 Å². The topological polar surface area (TPSA) is 55.8 Å². The van der Waals surface area contributed by atoms with Crippen molar-refractivity contribution in [3.05, 3.63) is 77.3 Å². The molecule has 2 rings (SSSR count). The van der Waals surface area contributed by atoms with E-state index >= 15 is 0 Å². The third-order valence-electron chi connectivity index (χ3n) is 3.69. The molecule has 0 bridgehead atoms. The quantitative estimate of drug-likeness (QED) is 0.569. The number of rotatable bonds is 7. The van der Waals surface area contributed by atoms with E-state index in [0.717, 1.165) is 0 Å². The summed E-state index contributed by atoms with van der Waals surface area (Å²) >= 11 is 0. The zero-order valence-electron chi connectivity index (χ0n) is 15.0. The second kappa shape index (κ2) is 8.85. The minimum Gasteiger partial charge on any atom is -0.497 e. The Morgan fingerprint density at radius 2 is 1.96 bits per heavy atom. The van der Waals surface area contributed by atoms with Gasteiger partial charge in [-0.05, 0) is 55.3 Å². The Balaban J connectivity index is 2.21. The number of benzene rings is 2. The predicted octanol–water partition coefficient (Wildman–Crippen LogP) is 4.85. The average Bonchev–Trinajstić information content (AvgIpc) is 2.59. The van der Waals surface area contributed by atoms with E-state index in [-0.39, 0.29) is 12.2 Å². The van der Waals surface area contributed by atoms with Crippen molar-refractivity contribution in [1.29, 1.82) is 0 Å². The van der Waals surface area contributed by atoms with Crippen molar-refractivity contribution >= 4 is 11.5 Å². The molecule has 2 aromatic carbocycles.